The quantitative estimate of drug-likeness (QED) is 0.214. The molecule has 2 aromatic rings. The first kappa shape index (κ1) is 22.1. The number of methoxy groups -OCH3 is 1. The van der Waals surface area contributed by atoms with E-state index in [4.69, 9.17) is 14.6 Å². The molecule has 0 fully saturated rings. The van der Waals surface area contributed by atoms with E-state index in [9.17, 15) is 25.0 Å². The Kier molecular flexibility index (Phi) is 7.24. The summed E-state index contributed by atoms with van der Waals surface area (Å²) in [7, 11) is 1.30. The molecular formula is C19H18N4O7. The second kappa shape index (κ2) is 9.83. The minimum atomic E-state index is -1.03. The number of carbonyl (C=O) groups is 2. The molecule has 0 aliphatic rings. The SMILES string of the molecule is CCOC(=O)/C(C#N)=C/c1cn(CCC(=O)O)nc1-c1ccc(OC)c([N+](=O)[O-])c1. The fraction of sp³-hybridized carbons (Fsp3) is 0.263. The summed E-state index contributed by atoms with van der Waals surface area (Å²) >= 11 is 0. The van der Waals surface area contributed by atoms with Crippen LogP contribution in [0.2, 0.25) is 0 Å². The summed E-state index contributed by atoms with van der Waals surface area (Å²) in [6.45, 7) is 1.70. The van der Waals surface area contributed by atoms with Gasteiger partial charge in [0.15, 0.2) is 5.75 Å². The number of nitro groups is 1. The van der Waals surface area contributed by atoms with Crippen molar-refractivity contribution in [3.8, 4) is 23.1 Å². The molecule has 0 bridgehead atoms. The number of carboxylic acids is 1. The highest BCUT2D eigenvalue weighted by molar-refractivity contribution is 5.98. The van der Waals surface area contributed by atoms with Crippen LogP contribution in [0.15, 0.2) is 30.0 Å². The Hall–Kier alpha value is -4.20. The van der Waals surface area contributed by atoms with E-state index in [1.807, 2.05) is 0 Å². The molecule has 0 spiro atoms. The third-order valence-corrected chi connectivity index (χ3v) is 3.91. The Morgan fingerprint density at radius 2 is 2.17 bits per heavy atom. The molecule has 0 radical (unpaired) electrons. The summed E-state index contributed by atoms with van der Waals surface area (Å²) < 4.78 is 11.2. The largest absolute Gasteiger partial charge is 0.490 e. The van der Waals surface area contributed by atoms with Crippen molar-refractivity contribution in [2.75, 3.05) is 13.7 Å². The van der Waals surface area contributed by atoms with Crippen LogP contribution < -0.4 is 4.74 Å². The summed E-state index contributed by atoms with van der Waals surface area (Å²) in [5.74, 6) is -1.81. The first-order valence-electron chi connectivity index (χ1n) is 8.71. The number of nitro benzene ring substituents is 1. The highest BCUT2D eigenvalue weighted by Crippen LogP contribution is 2.33. The van der Waals surface area contributed by atoms with Gasteiger partial charge in [-0.3, -0.25) is 19.6 Å². The van der Waals surface area contributed by atoms with Crippen molar-refractivity contribution in [2.24, 2.45) is 0 Å². The van der Waals surface area contributed by atoms with Crippen molar-refractivity contribution < 1.29 is 29.1 Å². The topological polar surface area (TPSA) is 158 Å². The van der Waals surface area contributed by atoms with Crippen LogP contribution in [0.3, 0.4) is 0 Å². The molecular weight excluding hydrogens is 396 g/mol. The number of aromatic nitrogens is 2. The summed E-state index contributed by atoms with van der Waals surface area (Å²) in [4.78, 5) is 33.5. The summed E-state index contributed by atoms with van der Waals surface area (Å²) in [6, 6.07) is 5.92. The number of hydrogen-bond acceptors (Lipinski definition) is 8. The molecule has 156 valence electrons. The van der Waals surface area contributed by atoms with Crippen molar-refractivity contribution in [1.29, 1.82) is 5.26 Å². The van der Waals surface area contributed by atoms with Crippen LogP contribution in [0.5, 0.6) is 5.75 Å². The average molecular weight is 414 g/mol. The predicted molar refractivity (Wildman–Crippen MR) is 103 cm³/mol. The first-order valence-corrected chi connectivity index (χ1v) is 8.71. The molecule has 0 amide bonds. The fourth-order valence-corrected chi connectivity index (χ4v) is 2.57. The second-order valence-electron chi connectivity index (χ2n) is 5.87. The van der Waals surface area contributed by atoms with Crippen molar-refractivity contribution >= 4 is 23.7 Å². The maximum Gasteiger partial charge on any atom is 0.348 e. The smallest absolute Gasteiger partial charge is 0.348 e. The number of aliphatic carboxylic acids is 1. The maximum absolute atomic E-state index is 12.0. The Labute approximate surface area is 170 Å². The van der Waals surface area contributed by atoms with Crippen LogP contribution >= 0.6 is 0 Å². The molecule has 0 aliphatic heterocycles. The number of nitrogens with zero attached hydrogens (tertiary/aromatic N) is 4. The number of rotatable bonds is 9. The zero-order valence-corrected chi connectivity index (χ0v) is 16.2. The van der Waals surface area contributed by atoms with Gasteiger partial charge in [-0.05, 0) is 25.1 Å². The molecule has 1 N–H and O–H groups in total. The predicted octanol–water partition coefficient (Wildman–Crippen LogP) is 2.41. The van der Waals surface area contributed by atoms with Crippen LogP contribution in [-0.4, -0.2) is 45.5 Å². The normalized spacial score (nSPS) is 10.9. The van der Waals surface area contributed by atoms with Crippen LogP contribution in [0.1, 0.15) is 18.9 Å². The van der Waals surface area contributed by atoms with E-state index >= 15 is 0 Å². The Balaban J connectivity index is 2.61. The van der Waals surface area contributed by atoms with Crippen molar-refractivity contribution in [2.45, 2.75) is 19.9 Å². The van der Waals surface area contributed by atoms with Gasteiger partial charge in [0, 0.05) is 23.4 Å². The number of carbonyl (C=O) groups excluding carboxylic acids is 1. The van der Waals surface area contributed by atoms with E-state index in [2.05, 4.69) is 5.10 Å². The van der Waals surface area contributed by atoms with Gasteiger partial charge >= 0.3 is 17.6 Å². The lowest BCUT2D eigenvalue weighted by atomic mass is 10.1. The van der Waals surface area contributed by atoms with E-state index < -0.39 is 16.9 Å². The van der Waals surface area contributed by atoms with E-state index in [1.165, 1.54) is 42.3 Å². The molecule has 2 rings (SSSR count). The number of nitriles is 1. The molecule has 11 heteroatoms. The van der Waals surface area contributed by atoms with Crippen molar-refractivity contribution in [3.63, 3.8) is 0 Å². The highest BCUT2D eigenvalue weighted by atomic mass is 16.6. The maximum atomic E-state index is 12.0. The molecule has 11 nitrogen and oxygen atoms in total. The third kappa shape index (κ3) is 5.20. The van der Waals surface area contributed by atoms with E-state index in [1.54, 1.807) is 13.0 Å². The monoisotopic (exact) mass is 414 g/mol. The molecule has 1 aromatic heterocycles. The van der Waals surface area contributed by atoms with Gasteiger partial charge in [0.25, 0.3) is 0 Å². The third-order valence-electron chi connectivity index (χ3n) is 3.91. The molecule has 30 heavy (non-hydrogen) atoms. The van der Waals surface area contributed by atoms with E-state index in [0.717, 1.165) is 0 Å². The number of carboxylic acid groups (broad SMARTS) is 1. The zero-order chi connectivity index (χ0) is 22.3. The number of esters is 1. The van der Waals surface area contributed by atoms with Gasteiger partial charge in [0.2, 0.25) is 0 Å². The summed E-state index contributed by atoms with van der Waals surface area (Å²) in [5, 5.41) is 33.8. The van der Waals surface area contributed by atoms with Gasteiger partial charge in [-0.15, -0.1) is 0 Å². The zero-order valence-electron chi connectivity index (χ0n) is 16.2. The van der Waals surface area contributed by atoms with E-state index in [-0.39, 0.29) is 42.3 Å². The van der Waals surface area contributed by atoms with Crippen LogP contribution in [-0.2, 0) is 20.9 Å². The van der Waals surface area contributed by atoms with E-state index in [0.29, 0.717) is 11.1 Å². The molecule has 1 heterocycles. The van der Waals surface area contributed by atoms with Gasteiger partial charge < -0.3 is 14.6 Å². The molecule has 0 atom stereocenters. The van der Waals surface area contributed by atoms with Crippen molar-refractivity contribution in [3.05, 3.63) is 45.6 Å². The van der Waals surface area contributed by atoms with Crippen molar-refractivity contribution in [1.82, 2.24) is 9.78 Å². The lowest BCUT2D eigenvalue weighted by molar-refractivity contribution is -0.385. The number of ether oxygens (including phenoxy) is 2. The minimum Gasteiger partial charge on any atom is -0.490 e. The molecule has 0 saturated heterocycles. The first-order chi connectivity index (χ1) is 14.3. The fourth-order valence-electron chi connectivity index (χ4n) is 2.57. The standard InChI is InChI=1S/C19H18N4O7/c1-3-30-19(26)13(10-20)8-14-11-22(7-6-17(24)25)21-18(14)12-4-5-16(29-2)15(9-12)23(27)28/h4-5,8-9,11H,3,6-7H2,1-2H3,(H,24,25)/b13-8+. The molecule has 0 unspecified atom stereocenters. The lowest BCUT2D eigenvalue weighted by Gasteiger charge is -2.05. The molecule has 0 saturated carbocycles. The highest BCUT2D eigenvalue weighted by Gasteiger charge is 2.20. The lowest BCUT2D eigenvalue weighted by Crippen LogP contribution is -2.06. The summed E-state index contributed by atoms with van der Waals surface area (Å²) in [5.41, 5.74) is 0.256. The number of hydrogen-bond donors (Lipinski definition) is 1. The summed E-state index contributed by atoms with van der Waals surface area (Å²) in [6.07, 6.45) is 2.48. The molecule has 1 aromatic carbocycles. The second-order valence-corrected chi connectivity index (χ2v) is 5.87. The molecule has 0 aliphatic carbocycles. The van der Waals surface area contributed by atoms with Gasteiger partial charge in [-0.2, -0.15) is 10.4 Å². The Bertz CT molecular complexity index is 1050. The van der Waals surface area contributed by atoms with Gasteiger partial charge in [-0.25, -0.2) is 4.79 Å². The minimum absolute atomic E-state index is 0.0235. The number of benzene rings is 1. The van der Waals surface area contributed by atoms with Gasteiger partial charge in [0.1, 0.15) is 11.6 Å². The van der Waals surface area contributed by atoms with Gasteiger partial charge in [-0.1, -0.05) is 0 Å². The average Bonchev–Trinajstić information content (AvgIpc) is 3.12. The number of aryl methyl sites for hydroxylation is 1. The van der Waals surface area contributed by atoms with Gasteiger partial charge in [0.05, 0.1) is 37.3 Å². The Morgan fingerprint density at radius 1 is 1.43 bits per heavy atom. The van der Waals surface area contributed by atoms with Crippen LogP contribution in [0.25, 0.3) is 17.3 Å². The van der Waals surface area contributed by atoms with Crippen LogP contribution in [0, 0.1) is 21.4 Å². The van der Waals surface area contributed by atoms with Crippen LogP contribution in [0.4, 0.5) is 5.69 Å². The Morgan fingerprint density at radius 3 is 2.73 bits per heavy atom.